The first-order valence-electron chi connectivity index (χ1n) is 5.71. The quantitative estimate of drug-likeness (QED) is 0.834. The number of hydrogen-bond acceptors (Lipinski definition) is 4. The van der Waals surface area contributed by atoms with Crippen molar-refractivity contribution in [2.24, 2.45) is 11.3 Å². The van der Waals surface area contributed by atoms with E-state index in [1.165, 1.54) is 11.3 Å². The van der Waals surface area contributed by atoms with Gasteiger partial charge in [-0.1, -0.05) is 13.8 Å². The molecule has 0 amide bonds. The van der Waals surface area contributed by atoms with Gasteiger partial charge in [0.05, 0.1) is 0 Å². The highest BCUT2D eigenvalue weighted by Crippen LogP contribution is 2.49. The molecular formula is C12H19NO2S. The van der Waals surface area contributed by atoms with Gasteiger partial charge in [0.25, 0.3) is 0 Å². The molecule has 1 aliphatic rings. The van der Waals surface area contributed by atoms with Gasteiger partial charge in [-0.15, -0.1) is 11.3 Å². The van der Waals surface area contributed by atoms with E-state index < -0.39 is 5.60 Å². The van der Waals surface area contributed by atoms with Gasteiger partial charge >= 0.3 is 0 Å². The second-order valence-corrected chi connectivity index (χ2v) is 6.35. The van der Waals surface area contributed by atoms with E-state index in [9.17, 15) is 10.2 Å². The SMILES string of the molecule is CC1(C)C[C@](O)(c2nccs2)CC[C@H]1CO. The Hall–Kier alpha value is -0.450. The molecule has 1 aromatic rings. The number of hydrogen-bond donors (Lipinski definition) is 2. The maximum absolute atomic E-state index is 10.6. The highest BCUT2D eigenvalue weighted by atomic mass is 32.1. The summed E-state index contributed by atoms with van der Waals surface area (Å²) in [6.07, 6.45) is 3.98. The van der Waals surface area contributed by atoms with Crippen LogP contribution in [0.25, 0.3) is 0 Å². The molecule has 0 bridgehead atoms. The molecule has 2 rings (SSSR count). The Morgan fingerprint density at radius 1 is 1.56 bits per heavy atom. The lowest BCUT2D eigenvalue weighted by atomic mass is 9.63. The Morgan fingerprint density at radius 2 is 2.31 bits per heavy atom. The van der Waals surface area contributed by atoms with Crippen molar-refractivity contribution in [1.82, 2.24) is 4.98 Å². The van der Waals surface area contributed by atoms with Crippen LogP contribution < -0.4 is 0 Å². The first-order chi connectivity index (χ1) is 7.48. The Bertz CT molecular complexity index is 350. The summed E-state index contributed by atoms with van der Waals surface area (Å²) < 4.78 is 0. The van der Waals surface area contributed by atoms with Gasteiger partial charge in [0.2, 0.25) is 0 Å². The molecule has 90 valence electrons. The van der Waals surface area contributed by atoms with Crippen molar-refractivity contribution in [1.29, 1.82) is 0 Å². The molecule has 4 heteroatoms. The number of rotatable bonds is 2. The summed E-state index contributed by atoms with van der Waals surface area (Å²) in [4.78, 5) is 4.23. The van der Waals surface area contributed by atoms with Gasteiger partial charge in [-0.3, -0.25) is 0 Å². The second-order valence-electron chi connectivity index (χ2n) is 5.45. The Labute approximate surface area is 100 Å². The number of aromatic nitrogens is 1. The van der Waals surface area contributed by atoms with Crippen molar-refractivity contribution in [3.05, 3.63) is 16.6 Å². The van der Waals surface area contributed by atoms with Crippen molar-refractivity contribution in [3.8, 4) is 0 Å². The Balaban J connectivity index is 2.22. The molecule has 0 unspecified atom stereocenters. The molecule has 3 nitrogen and oxygen atoms in total. The van der Waals surface area contributed by atoms with Crippen molar-refractivity contribution in [2.75, 3.05) is 6.61 Å². The third-order valence-electron chi connectivity index (χ3n) is 3.81. The fourth-order valence-electron chi connectivity index (χ4n) is 2.76. The van der Waals surface area contributed by atoms with Crippen LogP contribution in [0.5, 0.6) is 0 Å². The molecule has 1 saturated carbocycles. The van der Waals surface area contributed by atoms with Crippen LogP contribution in [-0.2, 0) is 5.60 Å². The summed E-state index contributed by atoms with van der Waals surface area (Å²) in [7, 11) is 0. The van der Waals surface area contributed by atoms with E-state index in [0.29, 0.717) is 12.8 Å². The van der Waals surface area contributed by atoms with Crippen LogP contribution in [0, 0.1) is 11.3 Å². The molecule has 0 radical (unpaired) electrons. The molecular weight excluding hydrogens is 222 g/mol. The first-order valence-corrected chi connectivity index (χ1v) is 6.59. The van der Waals surface area contributed by atoms with E-state index in [0.717, 1.165) is 11.4 Å². The molecule has 2 atom stereocenters. The van der Waals surface area contributed by atoms with Crippen LogP contribution in [0.2, 0.25) is 0 Å². The summed E-state index contributed by atoms with van der Waals surface area (Å²) in [6.45, 7) is 4.44. The molecule has 1 heterocycles. The third-order valence-corrected chi connectivity index (χ3v) is 4.78. The molecule has 1 aromatic heterocycles. The number of thiazole rings is 1. The molecule has 1 fully saturated rings. The van der Waals surface area contributed by atoms with Crippen molar-refractivity contribution in [3.63, 3.8) is 0 Å². The molecule has 0 aliphatic heterocycles. The predicted molar refractivity (Wildman–Crippen MR) is 64.2 cm³/mol. The standard InChI is InChI=1S/C12H19NO2S/c1-11(2)8-12(15,4-3-9(11)7-14)10-13-5-6-16-10/h5-6,9,14-15H,3-4,7-8H2,1-2H3/t9-,12-/m0/s1. The fourth-order valence-corrected chi connectivity index (χ4v) is 3.53. The minimum atomic E-state index is -0.788. The summed E-state index contributed by atoms with van der Waals surface area (Å²) in [5.41, 5.74) is -0.823. The van der Waals surface area contributed by atoms with E-state index >= 15 is 0 Å². The van der Waals surface area contributed by atoms with E-state index in [1.54, 1.807) is 6.20 Å². The number of aliphatic hydroxyl groups is 2. The minimum Gasteiger partial charge on any atom is -0.396 e. The number of nitrogens with zero attached hydrogens (tertiary/aromatic N) is 1. The average molecular weight is 241 g/mol. The summed E-state index contributed by atoms with van der Waals surface area (Å²) in [5, 5.41) is 22.7. The van der Waals surface area contributed by atoms with Gasteiger partial charge in [0.1, 0.15) is 10.6 Å². The van der Waals surface area contributed by atoms with E-state index in [2.05, 4.69) is 18.8 Å². The highest BCUT2D eigenvalue weighted by Gasteiger charge is 2.46. The van der Waals surface area contributed by atoms with E-state index in [-0.39, 0.29) is 17.9 Å². The normalized spacial score (nSPS) is 33.9. The molecule has 0 aromatic carbocycles. The van der Waals surface area contributed by atoms with Gasteiger partial charge in [-0.2, -0.15) is 0 Å². The van der Waals surface area contributed by atoms with Crippen LogP contribution in [0.4, 0.5) is 0 Å². The summed E-state index contributed by atoms with van der Waals surface area (Å²) in [6, 6.07) is 0. The largest absolute Gasteiger partial charge is 0.396 e. The van der Waals surface area contributed by atoms with Gasteiger partial charge in [-0.25, -0.2) is 4.98 Å². The zero-order valence-corrected chi connectivity index (χ0v) is 10.6. The van der Waals surface area contributed by atoms with Crippen molar-refractivity contribution in [2.45, 2.75) is 38.7 Å². The zero-order chi connectivity index (χ0) is 11.8. The molecule has 2 N–H and O–H groups in total. The third kappa shape index (κ3) is 2.01. The van der Waals surface area contributed by atoms with Gasteiger partial charge in [-0.05, 0) is 30.6 Å². The molecule has 1 aliphatic carbocycles. The molecule has 0 spiro atoms. The smallest absolute Gasteiger partial charge is 0.124 e. The Kier molecular flexibility index (Phi) is 3.07. The summed E-state index contributed by atoms with van der Waals surface area (Å²) >= 11 is 1.51. The molecule has 0 saturated heterocycles. The van der Waals surface area contributed by atoms with Crippen molar-refractivity contribution < 1.29 is 10.2 Å². The van der Waals surface area contributed by atoms with E-state index in [1.807, 2.05) is 5.38 Å². The van der Waals surface area contributed by atoms with Gasteiger partial charge < -0.3 is 10.2 Å². The van der Waals surface area contributed by atoms with Crippen LogP contribution >= 0.6 is 11.3 Å². The van der Waals surface area contributed by atoms with Crippen LogP contribution in [0.15, 0.2) is 11.6 Å². The maximum Gasteiger partial charge on any atom is 0.124 e. The fraction of sp³-hybridized carbons (Fsp3) is 0.750. The topological polar surface area (TPSA) is 53.4 Å². The monoisotopic (exact) mass is 241 g/mol. The van der Waals surface area contributed by atoms with Crippen LogP contribution in [0.3, 0.4) is 0 Å². The van der Waals surface area contributed by atoms with Crippen LogP contribution in [0.1, 0.15) is 38.1 Å². The lowest BCUT2D eigenvalue weighted by molar-refractivity contribution is -0.0803. The lowest BCUT2D eigenvalue weighted by Gasteiger charge is -2.45. The highest BCUT2D eigenvalue weighted by molar-refractivity contribution is 7.09. The summed E-state index contributed by atoms with van der Waals surface area (Å²) in [5.74, 6) is 0.285. The number of aliphatic hydroxyl groups excluding tert-OH is 1. The second kappa shape index (κ2) is 4.09. The maximum atomic E-state index is 10.6. The lowest BCUT2D eigenvalue weighted by Crippen LogP contribution is -2.43. The van der Waals surface area contributed by atoms with Crippen molar-refractivity contribution >= 4 is 11.3 Å². The first kappa shape index (κ1) is 12.0. The van der Waals surface area contributed by atoms with E-state index in [4.69, 9.17) is 0 Å². The predicted octanol–water partition coefficient (Wildman–Crippen LogP) is 2.15. The average Bonchev–Trinajstić information content (AvgIpc) is 2.69. The minimum absolute atomic E-state index is 0.0343. The Morgan fingerprint density at radius 3 is 2.81 bits per heavy atom. The van der Waals surface area contributed by atoms with Gasteiger partial charge in [0.15, 0.2) is 0 Å². The zero-order valence-electron chi connectivity index (χ0n) is 9.81. The molecule has 16 heavy (non-hydrogen) atoms. The van der Waals surface area contributed by atoms with Crippen LogP contribution in [-0.4, -0.2) is 21.8 Å². The van der Waals surface area contributed by atoms with Gasteiger partial charge in [0, 0.05) is 18.2 Å².